The van der Waals surface area contributed by atoms with Gasteiger partial charge in [-0.15, -0.1) is 0 Å². The number of benzene rings is 1. The third-order valence-corrected chi connectivity index (χ3v) is 6.19. The zero-order chi connectivity index (χ0) is 24.6. The number of halogens is 1. The van der Waals surface area contributed by atoms with E-state index in [1.165, 1.54) is 0 Å². The van der Waals surface area contributed by atoms with E-state index in [1.807, 2.05) is 16.9 Å². The number of ether oxygens (including phenoxy) is 1. The number of anilines is 1. The second-order valence-corrected chi connectivity index (χ2v) is 10.2. The summed E-state index contributed by atoms with van der Waals surface area (Å²) >= 11 is 6.24. The second-order valence-electron chi connectivity index (χ2n) is 8.03. The van der Waals surface area contributed by atoms with E-state index in [4.69, 9.17) is 21.3 Å². The maximum Gasteiger partial charge on any atom is 0.265 e. The Hall–Kier alpha value is -3.54. The highest BCUT2D eigenvalue weighted by Crippen LogP contribution is 2.25. The van der Waals surface area contributed by atoms with Crippen molar-refractivity contribution in [2.45, 2.75) is 0 Å². The molecule has 10 nitrogen and oxygen atoms in total. The molecule has 12 heteroatoms. The molecule has 5 rings (SSSR count). The minimum absolute atomic E-state index is 0.231. The van der Waals surface area contributed by atoms with Crippen molar-refractivity contribution in [2.24, 2.45) is 0 Å². The largest absolute Gasteiger partial charge is 0.378 e. The van der Waals surface area contributed by atoms with Crippen LogP contribution in [0.4, 0.5) is 5.69 Å². The molecule has 3 aromatic heterocycles. The Morgan fingerprint density at radius 2 is 1.89 bits per heavy atom. The van der Waals surface area contributed by atoms with Gasteiger partial charge < -0.3 is 9.64 Å². The molecule has 0 spiro atoms. The van der Waals surface area contributed by atoms with Crippen molar-refractivity contribution in [1.29, 1.82) is 0 Å². The first-order valence-electron chi connectivity index (χ1n) is 10.8. The maximum atomic E-state index is 12.4. The fraction of sp³-hybridized carbons (Fsp3) is 0.217. The van der Waals surface area contributed by atoms with Crippen LogP contribution in [0.15, 0.2) is 42.6 Å². The number of aromatic nitrogens is 4. The standard InChI is InChI=1S/C23H21ClN6O4S/c1-35(32,33)28-23(31)18-3-2-4-19-17(18)8-7-15(25-19)5-6-16-14-30-22(26-16)20(13-21(24)27-30)29-9-11-34-12-10-29/h2-8,13-14H,9-12H2,1H3,(H,28,31)/b6-5+. The van der Waals surface area contributed by atoms with E-state index in [0.29, 0.717) is 46.3 Å². The maximum absolute atomic E-state index is 12.4. The van der Waals surface area contributed by atoms with Gasteiger partial charge in [0.15, 0.2) is 10.8 Å². The second kappa shape index (κ2) is 9.25. The summed E-state index contributed by atoms with van der Waals surface area (Å²) < 4.78 is 32.0. The monoisotopic (exact) mass is 512 g/mol. The first-order chi connectivity index (χ1) is 16.8. The number of hydrogen-bond acceptors (Lipinski definition) is 8. The van der Waals surface area contributed by atoms with Gasteiger partial charge in [0.05, 0.1) is 48.3 Å². The summed E-state index contributed by atoms with van der Waals surface area (Å²) in [7, 11) is -3.67. The molecule has 180 valence electrons. The van der Waals surface area contributed by atoms with Crippen LogP contribution in [-0.2, 0) is 14.8 Å². The van der Waals surface area contributed by atoms with Gasteiger partial charge in [0.2, 0.25) is 10.0 Å². The summed E-state index contributed by atoms with van der Waals surface area (Å²) in [6.45, 7) is 2.79. The number of imidazole rings is 1. The van der Waals surface area contributed by atoms with Gasteiger partial charge in [0.25, 0.3) is 5.91 Å². The first kappa shape index (κ1) is 23.2. The van der Waals surface area contributed by atoms with Crippen molar-refractivity contribution < 1.29 is 17.9 Å². The number of fused-ring (bicyclic) bond motifs is 2. The van der Waals surface area contributed by atoms with Gasteiger partial charge in [-0.05, 0) is 36.4 Å². The molecule has 0 radical (unpaired) electrons. The number of sulfonamides is 1. The lowest BCUT2D eigenvalue weighted by atomic mass is 10.1. The Bertz CT molecular complexity index is 1580. The smallest absolute Gasteiger partial charge is 0.265 e. The van der Waals surface area contributed by atoms with Crippen LogP contribution in [0.25, 0.3) is 28.7 Å². The SMILES string of the molecule is CS(=O)(=O)NC(=O)c1cccc2nc(/C=C/c3cn4nc(Cl)cc(N5CCOCC5)c4n3)ccc12. The Kier molecular flexibility index (Phi) is 6.13. The molecule has 0 saturated carbocycles. The van der Waals surface area contributed by atoms with Gasteiger partial charge in [-0.25, -0.2) is 27.6 Å². The van der Waals surface area contributed by atoms with Crippen LogP contribution in [0.1, 0.15) is 21.7 Å². The van der Waals surface area contributed by atoms with Crippen LogP contribution in [-0.4, -0.2) is 66.5 Å². The minimum Gasteiger partial charge on any atom is -0.378 e. The molecule has 1 aliphatic rings. The Balaban J connectivity index is 1.44. The van der Waals surface area contributed by atoms with Crippen LogP contribution in [0.3, 0.4) is 0 Å². The van der Waals surface area contributed by atoms with Gasteiger partial charge in [-0.1, -0.05) is 17.7 Å². The van der Waals surface area contributed by atoms with Gasteiger partial charge in [-0.3, -0.25) is 4.79 Å². The average Bonchev–Trinajstić information content (AvgIpc) is 3.24. The molecular formula is C23H21ClN6O4S. The van der Waals surface area contributed by atoms with E-state index in [1.54, 1.807) is 47.1 Å². The molecule has 0 bridgehead atoms. The number of carbonyl (C=O) groups excluding carboxylic acids is 1. The highest BCUT2D eigenvalue weighted by Gasteiger charge is 2.18. The number of nitrogens with one attached hydrogen (secondary N) is 1. The highest BCUT2D eigenvalue weighted by atomic mass is 35.5. The number of nitrogens with zero attached hydrogens (tertiary/aromatic N) is 5. The third kappa shape index (κ3) is 5.11. The molecular weight excluding hydrogens is 492 g/mol. The lowest BCUT2D eigenvalue weighted by Crippen LogP contribution is -2.36. The van der Waals surface area contributed by atoms with Crippen LogP contribution in [0, 0.1) is 0 Å². The van der Waals surface area contributed by atoms with E-state index in [0.717, 1.165) is 25.0 Å². The van der Waals surface area contributed by atoms with E-state index in [9.17, 15) is 13.2 Å². The lowest BCUT2D eigenvalue weighted by molar-refractivity contribution is 0.0983. The number of rotatable bonds is 5. The van der Waals surface area contributed by atoms with Crippen LogP contribution in [0.5, 0.6) is 0 Å². The highest BCUT2D eigenvalue weighted by molar-refractivity contribution is 7.89. The molecule has 0 atom stereocenters. The molecule has 0 unspecified atom stereocenters. The molecule has 0 aliphatic carbocycles. The molecule has 1 saturated heterocycles. The van der Waals surface area contributed by atoms with Crippen LogP contribution < -0.4 is 9.62 Å². The number of carbonyl (C=O) groups is 1. The normalized spacial score (nSPS) is 14.7. The van der Waals surface area contributed by atoms with Gasteiger partial charge in [0, 0.05) is 30.1 Å². The fourth-order valence-electron chi connectivity index (χ4n) is 3.92. The van der Waals surface area contributed by atoms with Crippen molar-refractivity contribution in [3.63, 3.8) is 0 Å². The molecule has 4 aromatic rings. The minimum atomic E-state index is -3.67. The molecule has 1 fully saturated rings. The van der Waals surface area contributed by atoms with Crippen molar-refractivity contribution in [1.82, 2.24) is 24.3 Å². The van der Waals surface area contributed by atoms with Crippen molar-refractivity contribution in [2.75, 3.05) is 37.5 Å². The predicted octanol–water partition coefficient (Wildman–Crippen LogP) is 2.63. The fourth-order valence-corrected chi connectivity index (χ4v) is 4.55. The summed E-state index contributed by atoms with van der Waals surface area (Å²) in [5.74, 6) is -0.699. The molecule has 1 amide bonds. The lowest BCUT2D eigenvalue weighted by Gasteiger charge is -2.28. The predicted molar refractivity (Wildman–Crippen MR) is 134 cm³/mol. The van der Waals surface area contributed by atoms with Gasteiger partial charge in [-0.2, -0.15) is 5.10 Å². The van der Waals surface area contributed by atoms with E-state index < -0.39 is 15.9 Å². The Morgan fingerprint density at radius 1 is 1.11 bits per heavy atom. The summed E-state index contributed by atoms with van der Waals surface area (Å²) in [5.41, 5.74) is 3.72. The van der Waals surface area contributed by atoms with E-state index >= 15 is 0 Å². The summed E-state index contributed by atoms with van der Waals surface area (Å²) in [6.07, 6.45) is 6.35. The number of morpholine rings is 1. The summed E-state index contributed by atoms with van der Waals surface area (Å²) in [4.78, 5) is 23.8. The van der Waals surface area contributed by atoms with Crippen LogP contribution >= 0.6 is 11.6 Å². The molecule has 1 aromatic carbocycles. The molecule has 4 heterocycles. The Morgan fingerprint density at radius 3 is 2.66 bits per heavy atom. The number of hydrogen-bond donors (Lipinski definition) is 1. The summed E-state index contributed by atoms with van der Waals surface area (Å²) in [5, 5.41) is 5.25. The van der Waals surface area contributed by atoms with Crippen LogP contribution in [0.2, 0.25) is 5.15 Å². The molecule has 1 N–H and O–H groups in total. The third-order valence-electron chi connectivity index (χ3n) is 5.45. The van der Waals surface area contributed by atoms with Crippen molar-refractivity contribution in [3.05, 3.63) is 64.7 Å². The quantitative estimate of drug-likeness (QED) is 0.433. The zero-order valence-corrected chi connectivity index (χ0v) is 20.3. The first-order valence-corrected chi connectivity index (χ1v) is 13.0. The van der Waals surface area contributed by atoms with Crippen molar-refractivity contribution >= 4 is 61.9 Å². The molecule has 35 heavy (non-hydrogen) atoms. The molecule has 1 aliphatic heterocycles. The number of pyridine rings is 1. The zero-order valence-electron chi connectivity index (χ0n) is 18.7. The van der Waals surface area contributed by atoms with Crippen molar-refractivity contribution in [3.8, 4) is 0 Å². The Labute approximate surface area is 206 Å². The topological polar surface area (TPSA) is 119 Å². The number of amides is 1. The van der Waals surface area contributed by atoms with E-state index in [2.05, 4.69) is 15.0 Å². The summed E-state index contributed by atoms with van der Waals surface area (Å²) in [6, 6.07) is 10.3. The van der Waals surface area contributed by atoms with Gasteiger partial charge >= 0.3 is 0 Å². The van der Waals surface area contributed by atoms with E-state index in [-0.39, 0.29) is 5.56 Å². The average molecular weight is 513 g/mol. The van der Waals surface area contributed by atoms with Gasteiger partial charge in [0.1, 0.15) is 0 Å².